The minimum Gasteiger partial charge on any atom is -0.493 e. The second-order valence-electron chi connectivity index (χ2n) is 6.53. The van der Waals surface area contributed by atoms with E-state index in [0.717, 1.165) is 0 Å². The Hall–Kier alpha value is -3.34. The number of sulfonamides is 1. The van der Waals surface area contributed by atoms with Crippen molar-refractivity contribution in [3.63, 3.8) is 0 Å². The molecule has 0 fully saturated rings. The smallest absolute Gasteiger partial charge is 0.238 e. The van der Waals surface area contributed by atoms with Crippen LogP contribution < -0.4 is 28.8 Å². The van der Waals surface area contributed by atoms with Crippen molar-refractivity contribution < 1.29 is 32.1 Å². The molecule has 0 saturated heterocycles. The largest absolute Gasteiger partial charge is 0.493 e. The van der Waals surface area contributed by atoms with Crippen molar-refractivity contribution in [2.75, 3.05) is 27.4 Å². The molecule has 1 heterocycles. The van der Waals surface area contributed by atoms with E-state index < -0.39 is 22.2 Å². The lowest BCUT2D eigenvalue weighted by atomic mass is 10.1. The molecule has 11 nitrogen and oxygen atoms in total. The molecule has 166 valence electrons. The van der Waals surface area contributed by atoms with Crippen LogP contribution in [-0.2, 0) is 10.0 Å². The zero-order valence-corrected chi connectivity index (χ0v) is 17.7. The molecule has 0 amide bonds. The van der Waals surface area contributed by atoms with Crippen molar-refractivity contribution in [2.45, 2.75) is 23.5 Å². The number of benzene rings is 2. The number of rotatable bonds is 9. The molecule has 3 rings (SSSR count). The molecule has 1 aliphatic rings. The summed E-state index contributed by atoms with van der Waals surface area (Å²) in [6.07, 6.45) is -0.202. The number of primary sulfonamides is 1. The fourth-order valence-electron chi connectivity index (χ4n) is 3.05. The van der Waals surface area contributed by atoms with Crippen molar-refractivity contribution in [3.05, 3.63) is 46.8 Å². The van der Waals surface area contributed by atoms with Crippen molar-refractivity contribution >= 4 is 10.0 Å². The minimum absolute atomic E-state index is 0.104. The third-order valence-electron chi connectivity index (χ3n) is 4.58. The molecule has 0 radical (unpaired) electrons. The third-order valence-corrected chi connectivity index (χ3v) is 5.48. The number of azide groups is 1. The number of ether oxygens (including phenoxy) is 5. The normalized spacial score (nSPS) is 16.0. The number of nitrogens with zero attached hydrogens (tertiary/aromatic N) is 3. The maximum absolute atomic E-state index is 11.7. The first-order valence-corrected chi connectivity index (χ1v) is 10.8. The van der Waals surface area contributed by atoms with Gasteiger partial charge >= 0.3 is 0 Å². The van der Waals surface area contributed by atoms with Gasteiger partial charge in [-0.1, -0.05) is 17.2 Å². The van der Waals surface area contributed by atoms with Crippen molar-refractivity contribution in [2.24, 2.45) is 10.3 Å². The van der Waals surface area contributed by atoms with Gasteiger partial charge < -0.3 is 23.7 Å². The van der Waals surface area contributed by atoms with E-state index in [9.17, 15) is 8.42 Å². The first-order chi connectivity index (χ1) is 14.9. The van der Waals surface area contributed by atoms with Crippen molar-refractivity contribution in [1.29, 1.82) is 0 Å². The van der Waals surface area contributed by atoms with Crippen molar-refractivity contribution in [1.82, 2.24) is 0 Å². The molecule has 1 aliphatic heterocycles. The topological polar surface area (TPSA) is 155 Å². The highest BCUT2D eigenvalue weighted by Gasteiger charge is 2.29. The van der Waals surface area contributed by atoms with Crippen LogP contribution in [0.1, 0.15) is 6.42 Å². The van der Waals surface area contributed by atoms with Gasteiger partial charge in [0.25, 0.3) is 0 Å². The van der Waals surface area contributed by atoms with E-state index in [1.807, 2.05) is 12.1 Å². The molecular formula is C19H22N4O7S. The quantitative estimate of drug-likeness (QED) is 0.350. The Balaban J connectivity index is 1.74. The molecule has 2 aromatic carbocycles. The average Bonchev–Trinajstić information content (AvgIpc) is 2.77. The number of methoxy groups -OCH3 is 2. The summed E-state index contributed by atoms with van der Waals surface area (Å²) in [6, 6.07) is 9.14. The molecule has 0 bridgehead atoms. The molecule has 31 heavy (non-hydrogen) atoms. The second-order valence-corrected chi connectivity index (χ2v) is 8.09. The molecular weight excluding hydrogens is 428 g/mol. The van der Waals surface area contributed by atoms with Crippen molar-refractivity contribution in [3.8, 4) is 28.7 Å². The van der Waals surface area contributed by atoms with Crippen LogP contribution in [0.2, 0.25) is 0 Å². The molecule has 2 N–H and O–H groups in total. The van der Waals surface area contributed by atoms with E-state index in [1.54, 1.807) is 12.1 Å². The van der Waals surface area contributed by atoms with Crippen LogP contribution in [0.25, 0.3) is 10.4 Å². The maximum Gasteiger partial charge on any atom is 0.238 e. The number of nitrogens with two attached hydrogens (primary N) is 1. The lowest BCUT2D eigenvalue weighted by Crippen LogP contribution is -2.39. The molecule has 0 aliphatic carbocycles. The van der Waals surface area contributed by atoms with Crippen LogP contribution in [0, 0.1) is 0 Å². The first-order valence-electron chi connectivity index (χ1n) is 9.21. The molecule has 0 spiro atoms. The zero-order chi connectivity index (χ0) is 22.4. The second kappa shape index (κ2) is 9.65. The van der Waals surface area contributed by atoms with Crippen LogP contribution >= 0.6 is 0 Å². The molecule has 2 unspecified atom stereocenters. The van der Waals surface area contributed by atoms with Gasteiger partial charge in [-0.2, -0.15) is 0 Å². The summed E-state index contributed by atoms with van der Waals surface area (Å²) in [6.45, 7) is 0.322. The summed E-state index contributed by atoms with van der Waals surface area (Å²) < 4.78 is 51.2. The SMILES string of the molecule is COc1cc(S(N)(=O)=O)cc(OC)c1OCCC(N=[N+]=[N-])C1COc2ccccc2O1. The molecule has 0 saturated carbocycles. The highest BCUT2D eigenvalue weighted by atomic mass is 32.2. The Kier molecular flexibility index (Phi) is 6.95. The van der Waals surface area contributed by atoms with Crippen LogP contribution in [0.5, 0.6) is 28.7 Å². The Morgan fingerprint density at radius 1 is 1.23 bits per heavy atom. The van der Waals surface area contributed by atoms with Gasteiger partial charge in [-0.3, -0.25) is 0 Å². The van der Waals surface area contributed by atoms with Crippen LogP contribution in [-0.4, -0.2) is 48.0 Å². The standard InChI is InChI=1S/C19H22N4O7S/c1-26-16-9-12(31(21,24)25)10-17(27-2)19(16)28-8-7-13(22-23-20)18-11-29-14-5-3-4-6-15(14)30-18/h3-6,9-10,13,18H,7-8,11H2,1-2H3,(H2,21,24,25). The van der Waals surface area contributed by atoms with E-state index in [4.69, 9.17) is 34.4 Å². The Morgan fingerprint density at radius 2 is 1.87 bits per heavy atom. The third kappa shape index (κ3) is 5.23. The summed E-state index contributed by atoms with van der Waals surface area (Å²) in [5.74, 6) is 1.66. The summed E-state index contributed by atoms with van der Waals surface area (Å²) in [7, 11) is -1.24. The lowest BCUT2D eigenvalue weighted by Gasteiger charge is -2.30. The van der Waals surface area contributed by atoms with Gasteiger partial charge in [0.1, 0.15) is 12.7 Å². The number of hydrogen-bond acceptors (Lipinski definition) is 8. The van der Waals surface area contributed by atoms with Gasteiger partial charge in [0, 0.05) is 17.0 Å². The lowest BCUT2D eigenvalue weighted by molar-refractivity contribution is 0.0660. The maximum atomic E-state index is 11.7. The van der Waals surface area contributed by atoms with Gasteiger partial charge in [0.05, 0.1) is 31.8 Å². The van der Waals surface area contributed by atoms with Crippen LogP contribution in [0.15, 0.2) is 46.4 Å². The molecule has 0 aromatic heterocycles. The predicted molar refractivity (Wildman–Crippen MR) is 110 cm³/mol. The monoisotopic (exact) mass is 450 g/mol. The Bertz CT molecular complexity index is 1060. The molecule has 12 heteroatoms. The first kappa shape index (κ1) is 22.3. The predicted octanol–water partition coefficient (Wildman–Crippen LogP) is 2.64. The van der Waals surface area contributed by atoms with Gasteiger partial charge in [0.2, 0.25) is 15.8 Å². The van der Waals surface area contributed by atoms with E-state index >= 15 is 0 Å². The van der Waals surface area contributed by atoms with Crippen LogP contribution in [0.4, 0.5) is 0 Å². The van der Waals surface area contributed by atoms with Gasteiger partial charge in [0.15, 0.2) is 23.0 Å². The average molecular weight is 450 g/mol. The van der Waals surface area contributed by atoms with E-state index in [1.165, 1.54) is 26.4 Å². The highest BCUT2D eigenvalue weighted by Crippen LogP contribution is 2.40. The van der Waals surface area contributed by atoms with Gasteiger partial charge in [-0.15, -0.1) is 0 Å². The summed E-state index contributed by atoms with van der Waals surface area (Å²) in [4.78, 5) is 2.73. The summed E-state index contributed by atoms with van der Waals surface area (Å²) in [5.41, 5.74) is 8.96. The molecule has 2 aromatic rings. The summed E-state index contributed by atoms with van der Waals surface area (Å²) >= 11 is 0. The van der Waals surface area contributed by atoms with Crippen LogP contribution in [0.3, 0.4) is 0 Å². The molecule has 2 atom stereocenters. The van der Waals surface area contributed by atoms with Gasteiger partial charge in [-0.25, -0.2) is 13.6 Å². The summed E-state index contributed by atoms with van der Waals surface area (Å²) in [5, 5.41) is 9.01. The highest BCUT2D eigenvalue weighted by molar-refractivity contribution is 7.89. The zero-order valence-electron chi connectivity index (χ0n) is 16.9. The number of fused-ring (bicyclic) bond motifs is 1. The van der Waals surface area contributed by atoms with E-state index in [2.05, 4.69) is 10.0 Å². The van der Waals surface area contributed by atoms with E-state index in [-0.39, 0.29) is 35.4 Å². The minimum atomic E-state index is -3.97. The number of hydrogen-bond donors (Lipinski definition) is 1. The fourth-order valence-corrected chi connectivity index (χ4v) is 3.60. The Labute approximate surface area is 179 Å². The van der Waals surface area contributed by atoms with E-state index in [0.29, 0.717) is 17.9 Å². The number of para-hydroxylation sites is 2. The Morgan fingerprint density at radius 3 is 2.45 bits per heavy atom. The fraction of sp³-hybridized carbons (Fsp3) is 0.368. The van der Waals surface area contributed by atoms with Gasteiger partial charge in [-0.05, 0) is 24.1 Å².